The van der Waals surface area contributed by atoms with Crippen LogP contribution in [0.2, 0.25) is 0 Å². The highest BCUT2D eigenvalue weighted by atomic mass is 32.2. The number of fused-ring (bicyclic) bond motifs is 1. The molecule has 0 saturated carbocycles. The molecular formula is C11H18O5S2. The lowest BCUT2D eigenvalue weighted by atomic mass is 10.1. The van der Waals surface area contributed by atoms with Gasteiger partial charge in [-0.25, -0.2) is 0 Å². The van der Waals surface area contributed by atoms with Crippen molar-refractivity contribution in [3.05, 3.63) is 0 Å². The lowest BCUT2D eigenvalue weighted by molar-refractivity contribution is -0.236. The standard InChI is InChI=1S/C11H18O5S2/c1-11(2)15-6-5-13-9(12-3)8(7(6)16-11)14-10(17)18-4/h6-9H,5H2,1-4H3/t6-,7-,8-,9+/m1/s1. The van der Waals surface area contributed by atoms with Gasteiger partial charge in [-0.05, 0) is 32.3 Å². The number of rotatable bonds is 2. The van der Waals surface area contributed by atoms with Gasteiger partial charge in [0.1, 0.15) is 12.2 Å². The molecule has 0 N–H and O–H groups in total. The number of thiocarbonyl (C=S) groups is 1. The van der Waals surface area contributed by atoms with Gasteiger partial charge in [-0.1, -0.05) is 11.8 Å². The maximum absolute atomic E-state index is 5.87. The number of thioether (sulfide) groups is 1. The average Bonchev–Trinajstić information content (AvgIpc) is 2.64. The van der Waals surface area contributed by atoms with Gasteiger partial charge in [0, 0.05) is 7.11 Å². The van der Waals surface area contributed by atoms with E-state index in [0.717, 1.165) is 0 Å². The third-order valence-corrected chi connectivity index (χ3v) is 3.90. The van der Waals surface area contributed by atoms with Crippen LogP contribution in [0.3, 0.4) is 0 Å². The summed E-state index contributed by atoms with van der Waals surface area (Å²) in [7, 11) is 1.57. The highest BCUT2D eigenvalue weighted by molar-refractivity contribution is 8.22. The highest BCUT2D eigenvalue weighted by Gasteiger charge is 2.52. The molecule has 0 amide bonds. The highest BCUT2D eigenvalue weighted by Crippen LogP contribution is 2.36. The Balaban J connectivity index is 2.12. The van der Waals surface area contributed by atoms with Gasteiger partial charge >= 0.3 is 0 Å². The second-order valence-corrected chi connectivity index (χ2v) is 6.02. The van der Waals surface area contributed by atoms with Crippen molar-refractivity contribution >= 4 is 28.4 Å². The Labute approximate surface area is 116 Å². The molecule has 5 nitrogen and oxygen atoms in total. The Kier molecular flexibility index (Phi) is 4.51. The summed E-state index contributed by atoms with van der Waals surface area (Å²) in [6, 6.07) is 0. The minimum absolute atomic E-state index is 0.152. The first-order valence-corrected chi connectivity index (χ1v) is 7.35. The zero-order chi connectivity index (χ0) is 13.3. The van der Waals surface area contributed by atoms with Crippen LogP contribution in [0.4, 0.5) is 0 Å². The maximum Gasteiger partial charge on any atom is 0.220 e. The molecule has 2 saturated heterocycles. The summed E-state index contributed by atoms with van der Waals surface area (Å²) in [5.41, 5.74) is 0. The lowest BCUT2D eigenvalue weighted by Gasteiger charge is -2.36. The number of hydrogen-bond donors (Lipinski definition) is 0. The van der Waals surface area contributed by atoms with Gasteiger partial charge in [-0.2, -0.15) is 0 Å². The summed E-state index contributed by atoms with van der Waals surface area (Å²) in [6.45, 7) is 4.17. The molecule has 0 aromatic carbocycles. The predicted molar refractivity (Wildman–Crippen MR) is 71.6 cm³/mol. The van der Waals surface area contributed by atoms with Gasteiger partial charge in [0.15, 0.2) is 18.2 Å². The second-order valence-electron chi connectivity index (χ2n) is 4.61. The molecule has 0 aromatic heterocycles. The number of methoxy groups -OCH3 is 1. The van der Waals surface area contributed by atoms with E-state index in [9.17, 15) is 0 Å². The van der Waals surface area contributed by atoms with Crippen molar-refractivity contribution in [1.82, 2.24) is 0 Å². The fourth-order valence-electron chi connectivity index (χ4n) is 2.19. The monoisotopic (exact) mass is 294 g/mol. The SMILES string of the molecule is CO[C@H]1OC[C@H]2OC(C)(C)O[C@H]2[C@H]1OC(=S)SC. The van der Waals surface area contributed by atoms with Gasteiger partial charge < -0.3 is 23.7 Å². The Morgan fingerprint density at radius 2 is 2.11 bits per heavy atom. The van der Waals surface area contributed by atoms with Crippen LogP contribution >= 0.6 is 24.0 Å². The predicted octanol–water partition coefficient (Wildman–Crippen LogP) is 1.54. The summed E-state index contributed by atoms with van der Waals surface area (Å²) in [4.78, 5) is 0. The van der Waals surface area contributed by atoms with E-state index in [-0.39, 0.29) is 12.2 Å². The normalized spacial score (nSPS) is 38.2. The van der Waals surface area contributed by atoms with E-state index in [4.69, 9.17) is 35.9 Å². The van der Waals surface area contributed by atoms with Gasteiger partial charge in [0.25, 0.3) is 0 Å². The molecule has 2 rings (SSSR count). The topological polar surface area (TPSA) is 46.2 Å². The van der Waals surface area contributed by atoms with E-state index >= 15 is 0 Å². The summed E-state index contributed by atoms with van der Waals surface area (Å²) < 4.78 is 28.6. The van der Waals surface area contributed by atoms with Gasteiger partial charge in [0.2, 0.25) is 4.38 Å². The summed E-state index contributed by atoms with van der Waals surface area (Å²) in [6.07, 6.45) is 0.579. The Hall–Kier alpha value is 0.0800. The van der Waals surface area contributed by atoms with Crippen LogP contribution in [0.5, 0.6) is 0 Å². The molecular weight excluding hydrogens is 276 g/mol. The maximum atomic E-state index is 5.87. The molecule has 2 heterocycles. The quantitative estimate of drug-likeness (QED) is 0.716. The molecule has 0 spiro atoms. The van der Waals surface area contributed by atoms with Gasteiger partial charge in [-0.15, -0.1) is 0 Å². The molecule has 104 valence electrons. The Morgan fingerprint density at radius 3 is 2.72 bits per heavy atom. The van der Waals surface area contributed by atoms with E-state index in [2.05, 4.69) is 0 Å². The van der Waals surface area contributed by atoms with E-state index in [1.807, 2.05) is 20.1 Å². The Bertz CT molecular complexity index is 323. The van der Waals surface area contributed by atoms with Crippen molar-refractivity contribution in [3.63, 3.8) is 0 Å². The average molecular weight is 294 g/mol. The summed E-state index contributed by atoms with van der Waals surface area (Å²) >= 11 is 6.45. The largest absolute Gasteiger partial charge is 0.467 e. The zero-order valence-corrected chi connectivity index (χ0v) is 12.5. The zero-order valence-electron chi connectivity index (χ0n) is 10.9. The molecule has 0 bridgehead atoms. The van der Waals surface area contributed by atoms with Crippen LogP contribution in [0.25, 0.3) is 0 Å². The van der Waals surface area contributed by atoms with Crippen molar-refractivity contribution in [2.45, 2.75) is 44.2 Å². The summed E-state index contributed by atoms with van der Waals surface area (Å²) in [5.74, 6) is -0.635. The summed E-state index contributed by atoms with van der Waals surface area (Å²) in [5, 5.41) is 0. The number of hydrogen-bond acceptors (Lipinski definition) is 7. The minimum atomic E-state index is -0.635. The van der Waals surface area contributed by atoms with Crippen molar-refractivity contribution in [2.24, 2.45) is 0 Å². The first kappa shape index (κ1) is 14.5. The van der Waals surface area contributed by atoms with Crippen LogP contribution in [-0.2, 0) is 23.7 Å². The molecule has 4 atom stereocenters. The van der Waals surface area contributed by atoms with Crippen molar-refractivity contribution in [1.29, 1.82) is 0 Å². The molecule has 7 heteroatoms. The molecule has 18 heavy (non-hydrogen) atoms. The van der Waals surface area contributed by atoms with Crippen LogP contribution in [0, 0.1) is 0 Å². The third kappa shape index (κ3) is 2.97. The van der Waals surface area contributed by atoms with E-state index in [1.165, 1.54) is 11.8 Å². The molecule has 0 aliphatic carbocycles. The molecule has 0 radical (unpaired) electrons. The molecule has 2 aliphatic heterocycles. The van der Waals surface area contributed by atoms with E-state index in [1.54, 1.807) is 7.11 Å². The van der Waals surface area contributed by atoms with Crippen molar-refractivity contribution < 1.29 is 23.7 Å². The minimum Gasteiger partial charge on any atom is -0.467 e. The number of ether oxygens (including phenoxy) is 5. The fourth-order valence-corrected chi connectivity index (χ4v) is 2.51. The molecule has 2 aliphatic rings. The molecule has 2 fully saturated rings. The third-order valence-electron chi connectivity index (χ3n) is 2.87. The van der Waals surface area contributed by atoms with Gasteiger partial charge in [0.05, 0.1) is 6.61 Å². The molecule has 0 unspecified atom stereocenters. The van der Waals surface area contributed by atoms with Crippen molar-refractivity contribution in [3.8, 4) is 0 Å². The van der Waals surface area contributed by atoms with Crippen LogP contribution in [0.15, 0.2) is 0 Å². The molecule has 0 aromatic rings. The Morgan fingerprint density at radius 1 is 1.39 bits per heavy atom. The first-order chi connectivity index (χ1) is 8.46. The smallest absolute Gasteiger partial charge is 0.220 e. The second kappa shape index (κ2) is 5.60. The van der Waals surface area contributed by atoms with Crippen LogP contribution < -0.4 is 0 Å². The lowest BCUT2D eigenvalue weighted by Crippen LogP contribution is -2.53. The van der Waals surface area contributed by atoms with Gasteiger partial charge in [-0.3, -0.25) is 0 Å². The van der Waals surface area contributed by atoms with E-state index in [0.29, 0.717) is 11.0 Å². The van der Waals surface area contributed by atoms with E-state index < -0.39 is 18.2 Å². The van der Waals surface area contributed by atoms with Crippen molar-refractivity contribution in [2.75, 3.05) is 20.0 Å². The first-order valence-electron chi connectivity index (χ1n) is 5.71. The fraction of sp³-hybridized carbons (Fsp3) is 0.909. The van der Waals surface area contributed by atoms with Crippen LogP contribution in [-0.4, -0.2) is 54.7 Å². The van der Waals surface area contributed by atoms with Crippen LogP contribution in [0.1, 0.15) is 13.8 Å².